The monoisotopic (exact) mass is 205 g/mol. The maximum Gasteiger partial charge on any atom is 0.403 e. The minimum Gasteiger partial charge on any atom is -0.393 e. The van der Waals surface area contributed by atoms with Gasteiger partial charge in [-0.3, -0.25) is 0 Å². The molecule has 2 atom stereocenters. The molecular formula is C6H11ClF3NO. The van der Waals surface area contributed by atoms with Gasteiger partial charge in [0.15, 0.2) is 0 Å². The molecule has 1 aliphatic rings. The molecule has 0 aliphatic carbocycles. The second-order valence-electron chi connectivity index (χ2n) is 2.73. The Balaban J connectivity index is 0.00000121. The molecule has 0 aromatic rings. The normalized spacial score (nSPS) is 31.0. The maximum absolute atomic E-state index is 11.9. The lowest BCUT2D eigenvalue weighted by molar-refractivity contribution is -0.167. The summed E-state index contributed by atoms with van der Waals surface area (Å²) in [6.45, 7) is 0.241. The molecule has 1 heterocycles. The SMILES string of the molecule is Cl.O[C@H]1CCN[C@@H](C(F)(F)F)C1. The van der Waals surface area contributed by atoms with Gasteiger partial charge in [-0.1, -0.05) is 0 Å². The van der Waals surface area contributed by atoms with Gasteiger partial charge < -0.3 is 10.4 Å². The summed E-state index contributed by atoms with van der Waals surface area (Å²) in [6.07, 6.45) is -4.83. The molecule has 0 radical (unpaired) electrons. The third-order valence-corrected chi connectivity index (χ3v) is 1.77. The second-order valence-corrected chi connectivity index (χ2v) is 2.73. The first kappa shape index (κ1) is 12.0. The summed E-state index contributed by atoms with van der Waals surface area (Å²) in [5.41, 5.74) is 0. The number of aliphatic hydroxyl groups excluding tert-OH is 1. The van der Waals surface area contributed by atoms with Crippen molar-refractivity contribution in [2.45, 2.75) is 31.2 Å². The molecule has 6 heteroatoms. The van der Waals surface area contributed by atoms with Crippen molar-refractivity contribution < 1.29 is 18.3 Å². The van der Waals surface area contributed by atoms with Crippen LogP contribution in [0.4, 0.5) is 13.2 Å². The maximum atomic E-state index is 11.9. The molecule has 1 aliphatic heterocycles. The molecule has 1 fully saturated rings. The molecule has 0 aromatic carbocycles. The Bertz CT molecular complexity index is 141. The van der Waals surface area contributed by atoms with E-state index in [9.17, 15) is 13.2 Å². The number of rotatable bonds is 0. The number of hydrogen-bond donors (Lipinski definition) is 2. The molecule has 1 saturated heterocycles. The lowest BCUT2D eigenvalue weighted by atomic mass is 10.0. The molecule has 1 rings (SSSR count). The van der Waals surface area contributed by atoms with Gasteiger partial charge in [0, 0.05) is 0 Å². The van der Waals surface area contributed by atoms with Crippen molar-refractivity contribution in [2.24, 2.45) is 0 Å². The number of alkyl halides is 3. The highest BCUT2D eigenvalue weighted by atomic mass is 35.5. The smallest absolute Gasteiger partial charge is 0.393 e. The van der Waals surface area contributed by atoms with Crippen LogP contribution in [0.3, 0.4) is 0 Å². The van der Waals surface area contributed by atoms with E-state index in [4.69, 9.17) is 5.11 Å². The van der Waals surface area contributed by atoms with Gasteiger partial charge in [0.1, 0.15) is 6.04 Å². The van der Waals surface area contributed by atoms with E-state index in [1.54, 1.807) is 0 Å². The fourth-order valence-electron chi connectivity index (χ4n) is 1.15. The van der Waals surface area contributed by atoms with Crippen LogP contribution in [0.25, 0.3) is 0 Å². The number of aliphatic hydroxyl groups is 1. The van der Waals surface area contributed by atoms with Gasteiger partial charge in [-0.25, -0.2) is 0 Å². The van der Waals surface area contributed by atoms with E-state index in [-0.39, 0.29) is 25.4 Å². The number of piperidine rings is 1. The topological polar surface area (TPSA) is 32.3 Å². The Morgan fingerprint density at radius 3 is 2.25 bits per heavy atom. The molecular weight excluding hydrogens is 195 g/mol. The number of halogens is 4. The molecule has 2 nitrogen and oxygen atoms in total. The fourth-order valence-corrected chi connectivity index (χ4v) is 1.15. The van der Waals surface area contributed by atoms with Crippen molar-refractivity contribution in [3.63, 3.8) is 0 Å². The Hall–Kier alpha value is -0.0000000000000000555. The summed E-state index contributed by atoms with van der Waals surface area (Å²) in [6, 6.07) is -1.52. The summed E-state index contributed by atoms with van der Waals surface area (Å²) in [4.78, 5) is 0. The summed E-state index contributed by atoms with van der Waals surface area (Å²) in [5, 5.41) is 11.2. The van der Waals surface area contributed by atoms with Crippen LogP contribution in [0.2, 0.25) is 0 Å². The highest BCUT2D eigenvalue weighted by Gasteiger charge is 2.41. The predicted octanol–water partition coefficient (Wildman–Crippen LogP) is 1.08. The van der Waals surface area contributed by atoms with Gasteiger partial charge in [-0.15, -0.1) is 12.4 Å². The standard InChI is InChI=1S/C6H10F3NO.ClH/c7-6(8,9)5-3-4(11)1-2-10-5;/h4-5,10-11H,1-3H2;1H/t4-,5+;/m0./s1. The molecule has 12 heavy (non-hydrogen) atoms. The average Bonchev–Trinajstić information content (AvgIpc) is 1.86. The van der Waals surface area contributed by atoms with Crippen LogP contribution in [0.5, 0.6) is 0 Å². The van der Waals surface area contributed by atoms with Gasteiger partial charge in [-0.05, 0) is 19.4 Å². The fraction of sp³-hybridized carbons (Fsp3) is 1.00. The minimum absolute atomic E-state index is 0. The van der Waals surface area contributed by atoms with E-state index in [0.29, 0.717) is 6.42 Å². The highest BCUT2D eigenvalue weighted by molar-refractivity contribution is 5.85. The van der Waals surface area contributed by atoms with Gasteiger partial charge in [0.05, 0.1) is 6.10 Å². The van der Waals surface area contributed by atoms with Crippen LogP contribution >= 0.6 is 12.4 Å². The van der Waals surface area contributed by atoms with Crippen molar-refractivity contribution in [1.29, 1.82) is 0 Å². The highest BCUT2D eigenvalue weighted by Crippen LogP contribution is 2.25. The van der Waals surface area contributed by atoms with E-state index in [1.807, 2.05) is 0 Å². The van der Waals surface area contributed by atoms with E-state index in [0.717, 1.165) is 0 Å². The second kappa shape index (κ2) is 4.30. The molecule has 0 amide bonds. The Kier molecular flexibility index (Phi) is 4.30. The zero-order valence-corrected chi connectivity index (χ0v) is 7.08. The Labute approximate surface area is 74.6 Å². The van der Waals surface area contributed by atoms with E-state index < -0.39 is 18.3 Å². The quantitative estimate of drug-likeness (QED) is 0.621. The van der Waals surface area contributed by atoms with Crippen LogP contribution in [0, 0.1) is 0 Å². The summed E-state index contributed by atoms with van der Waals surface area (Å²) >= 11 is 0. The van der Waals surface area contributed by atoms with Crippen LogP contribution in [-0.4, -0.2) is 30.0 Å². The summed E-state index contributed by atoms with van der Waals surface area (Å²) < 4.78 is 35.8. The Morgan fingerprint density at radius 1 is 1.33 bits per heavy atom. The first-order valence-electron chi connectivity index (χ1n) is 3.48. The van der Waals surface area contributed by atoms with E-state index in [1.165, 1.54) is 0 Å². The van der Waals surface area contributed by atoms with E-state index >= 15 is 0 Å². The zero-order chi connectivity index (χ0) is 8.48. The Morgan fingerprint density at radius 2 is 1.92 bits per heavy atom. The predicted molar refractivity (Wildman–Crippen MR) is 40.3 cm³/mol. The molecule has 2 N–H and O–H groups in total. The lowest BCUT2D eigenvalue weighted by Crippen LogP contribution is -2.49. The lowest BCUT2D eigenvalue weighted by Gasteiger charge is -2.28. The van der Waals surface area contributed by atoms with Crippen molar-refractivity contribution >= 4 is 12.4 Å². The van der Waals surface area contributed by atoms with Gasteiger partial charge >= 0.3 is 6.18 Å². The van der Waals surface area contributed by atoms with Crippen molar-refractivity contribution in [3.05, 3.63) is 0 Å². The molecule has 0 bridgehead atoms. The first-order chi connectivity index (χ1) is 5.00. The van der Waals surface area contributed by atoms with Gasteiger partial charge in [0.25, 0.3) is 0 Å². The van der Waals surface area contributed by atoms with Gasteiger partial charge in [-0.2, -0.15) is 13.2 Å². The number of hydrogen-bond acceptors (Lipinski definition) is 2. The van der Waals surface area contributed by atoms with Crippen LogP contribution < -0.4 is 5.32 Å². The molecule has 0 unspecified atom stereocenters. The summed E-state index contributed by atoms with van der Waals surface area (Å²) in [7, 11) is 0. The number of nitrogens with one attached hydrogen (secondary N) is 1. The van der Waals surface area contributed by atoms with E-state index in [2.05, 4.69) is 5.32 Å². The van der Waals surface area contributed by atoms with Crippen molar-refractivity contribution in [2.75, 3.05) is 6.54 Å². The van der Waals surface area contributed by atoms with Crippen molar-refractivity contribution in [1.82, 2.24) is 5.32 Å². The van der Waals surface area contributed by atoms with Crippen LogP contribution in [0.15, 0.2) is 0 Å². The van der Waals surface area contributed by atoms with Gasteiger partial charge in [0.2, 0.25) is 0 Å². The molecule has 74 valence electrons. The van der Waals surface area contributed by atoms with Crippen molar-refractivity contribution in [3.8, 4) is 0 Å². The zero-order valence-electron chi connectivity index (χ0n) is 6.27. The third-order valence-electron chi connectivity index (χ3n) is 1.77. The molecule has 0 aromatic heterocycles. The summed E-state index contributed by atoms with van der Waals surface area (Å²) in [5.74, 6) is 0. The van der Waals surface area contributed by atoms with Crippen LogP contribution in [-0.2, 0) is 0 Å². The first-order valence-corrected chi connectivity index (χ1v) is 3.48. The molecule has 0 saturated carbocycles. The average molecular weight is 206 g/mol. The minimum atomic E-state index is -4.22. The largest absolute Gasteiger partial charge is 0.403 e. The van der Waals surface area contributed by atoms with Crippen LogP contribution in [0.1, 0.15) is 12.8 Å². The molecule has 0 spiro atoms. The third kappa shape index (κ3) is 3.16.